The number of rotatable bonds is 3. The fourth-order valence-corrected chi connectivity index (χ4v) is 6.23. The quantitative estimate of drug-likeness (QED) is 0.259. The van der Waals surface area contributed by atoms with Gasteiger partial charge >= 0.3 is 0 Å². The summed E-state index contributed by atoms with van der Waals surface area (Å²) in [5, 5.41) is 6.33. The average Bonchev–Trinajstić information content (AvgIpc) is 3.27. The van der Waals surface area contributed by atoms with E-state index in [0.29, 0.717) is 0 Å². The highest BCUT2D eigenvalue weighted by Gasteiger charge is 2.19. The molecule has 0 N–H and O–H groups in total. The highest BCUT2D eigenvalue weighted by atomic mass is 32.2. The monoisotopic (exact) mass is 456 g/mol. The molecule has 0 saturated heterocycles. The maximum Gasteiger partial charge on any atom is 0.142 e. The van der Waals surface area contributed by atoms with Crippen LogP contribution in [0.15, 0.2) is 64.7 Å². The van der Waals surface area contributed by atoms with E-state index >= 15 is 0 Å². The van der Waals surface area contributed by atoms with Gasteiger partial charge in [-0.1, -0.05) is 42.3 Å². The van der Waals surface area contributed by atoms with Gasteiger partial charge < -0.3 is 13.6 Å². The minimum Gasteiger partial charge on any atom is -0.456 e. The number of allylic oxidation sites excluding steroid dienone is 2. The zero-order valence-corrected chi connectivity index (χ0v) is 20.2. The molecule has 1 aliphatic rings. The average molecular weight is 457 g/mol. The summed E-state index contributed by atoms with van der Waals surface area (Å²) >= 11 is 3.58. The van der Waals surface area contributed by atoms with Crippen molar-refractivity contribution in [1.29, 1.82) is 0 Å². The summed E-state index contributed by atoms with van der Waals surface area (Å²) in [6, 6.07) is 15.8. The molecule has 2 aromatic heterocycles. The van der Waals surface area contributed by atoms with E-state index < -0.39 is 0 Å². The maximum atomic E-state index is 6.53. The van der Waals surface area contributed by atoms with Gasteiger partial charge in [-0.25, -0.2) is 0 Å². The fourth-order valence-electron chi connectivity index (χ4n) is 4.64. The zero-order valence-electron chi connectivity index (χ0n) is 18.6. The highest BCUT2D eigenvalue weighted by molar-refractivity contribution is 7.96. The van der Waals surface area contributed by atoms with Crippen molar-refractivity contribution in [2.24, 2.45) is 0 Å². The molecule has 5 heteroatoms. The zero-order chi connectivity index (χ0) is 22.0. The van der Waals surface area contributed by atoms with Crippen LogP contribution in [0.5, 0.6) is 0 Å². The molecule has 3 aromatic carbocycles. The lowest BCUT2D eigenvalue weighted by molar-refractivity contribution is 0.601. The second-order valence-electron chi connectivity index (χ2n) is 8.46. The van der Waals surface area contributed by atoms with Crippen LogP contribution in [-0.4, -0.2) is 31.7 Å². The first kappa shape index (κ1) is 19.8. The number of thiophene rings is 1. The van der Waals surface area contributed by atoms with Crippen molar-refractivity contribution in [3.63, 3.8) is 0 Å². The summed E-state index contributed by atoms with van der Waals surface area (Å²) < 4.78 is 11.4. The van der Waals surface area contributed by atoms with E-state index in [1.165, 1.54) is 47.6 Å². The molecule has 0 bridgehead atoms. The largest absolute Gasteiger partial charge is 0.456 e. The number of nitrogens with zero attached hydrogens (tertiary/aromatic N) is 2. The summed E-state index contributed by atoms with van der Waals surface area (Å²) in [6.45, 7) is 0. The van der Waals surface area contributed by atoms with Crippen molar-refractivity contribution in [3.8, 4) is 0 Å². The fraction of sp³-hybridized carbons (Fsp3) is 0.185. The van der Waals surface area contributed by atoms with Crippen LogP contribution in [-0.2, 0) is 6.42 Å². The van der Waals surface area contributed by atoms with Crippen molar-refractivity contribution in [2.75, 3.05) is 32.3 Å². The highest BCUT2D eigenvalue weighted by Crippen LogP contribution is 2.43. The Labute approximate surface area is 195 Å². The molecule has 0 fully saturated rings. The van der Waals surface area contributed by atoms with Crippen molar-refractivity contribution < 1.29 is 4.42 Å². The normalized spacial score (nSPS) is 13.7. The van der Waals surface area contributed by atoms with Crippen LogP contribution >= 0.6 is 23.3 Å². The summed E-state index contributed by atoms with van der Waals surface area (Å²) in [4.78, 5) is 2.16. The third kappa shape index (κ3) is 2.88. The predicted octanol–water partition coefficient (Wildman–Crippen LogP) is 7.68. The third-order valence-electron chi connectivity index (χ3n) is 6.45. The van der Waals surface area contributed by atoms with Crippen LogP contribution in [0.4, 0.5) is 5.69 Å². The molecular weight excluding hydrogens is 432 g/mol. The van der Waals surface area contributed by atoms with Gasteiger partial charge in [-0.2, -0.15) is 0 Å². The van der Waals surface area contributed by atoms with Crippen molar-refractivity contribution >= 4 is 77.0 Å². The maximum absolute atomic E-state index is 6.53. The molecule has 6 rings (SSSR count). The smallest absolute Gasteiger partial charge is 0.142 e. The lowest BCUT2D eigenvalue weighted by Crippen LogP contribution is -2.07. The van der Waals surface area contributed by atoms with Gasteiger partial charge in [0.2, 0.25) is 0 Å². The van der Waals surface area contributed by atoms with Crippen molar-refractivity contribution in [1.82, 2.24) is 4.31 Å². The molecule has 0 amide bonds. The minimum atomic E-state index is 0.883. The minimum absolute atomic E-state index is 0.883. The molecule has 5 aromatic rings. The molecule has 160 valence electrons. The van der Waals surface area contributed by atoms with Crippen LogP contribution in [0.2, 0.25) is 0 Å². The summed E-state index contributed by atoms with van der Waals surface area (Å²) in [6.07, 6.45) is 9.56. The lowest BCUT2D eigenvalue weighted by Gasteiger charge is -2.15. The SMILES string of the molecule is CSN(C)C1=Cc2oc3c(ccc4c3ccc3c5ccc(N(C)C)cc5sc34)c2CC=C1. The predicted molar refractivity (Wildman–Crippen MR) is 143 cm³/mol. The van der Waals surface area contributed by atoms with Gasteiger partial charge in [0.25, 0.3) is 0 Å². The van der Waals surface area contributed by atoms with E-state index in [1.807, 2.05) is 11.3 Å². The Hall–Kier alpha value is -2.89. The second kappa shape index (κ2) is 7.32. The first-order valence-electron chi connectivity index (χ1n) is 10.7. The Balaban J connectivity index is 1.61. The summed E-state index contributed by atoms with van der Waals surface area (Å²) in [5.41, 5.74) is 4.66. The summed E-state index contributed by atoms with van der Waals surface area (Å²) in [5.74, 6) is 0.973. The van der Waals surface area contributed by atoms with Crippen LogP contribution in [0.25, 0.3) is 48.0 Å². The molecule has 2 heterocycles. The van der Waals surface area contributed by atoms with Gasteiger partial charge in [0.1, 0.15) is 11.3 Å². The number of hydrogen-bond donors (Lipinski definition) is 0. The van der Waals surface area contributed by atoms with E-state index in [0.717, 1.165) is 23.5 Å². The number of likely N-dealkylation sites (N-methyl/N-ethyl adjacent to an activating group) is 1. The first-order chi connectivity index (χ1) is 15.5. The first-order valence-corrected chi connectivity index (χ1v) is 12.7. The molecule has 0 aliphatic heterocycles. The van der Waals surface area contributed by atoms with E-state index in [2.05, 4.69) is 97.3 Å². The number of furan rings is 1. The van der Waals surface area contributed by atoms with Gasteiger partial charge in [0.15, 0.2) is 0 Å². The third-order valence-corrected chi connectivity index (χ3v) is 8.41. The van der Waals surface area contributed by atoms with Crippen molar-refractivity contribution in [2.45, 2.75) is 6.42 Å². The lowest BCUT2D eigenvalue weighted by atomic mass is 10.0. The van der Waals surface area contributed by atoms with Crippen LogP contribution in [0.1, 0.15) is 11.3 Å². The molecule has 1 aliphatic carbocycles. The van der Waals surface area contributed by atoms with E-state index in [1.54, 1.807) is 11.9 Å². The Bertz CT molecular complexity index is 1590. The van der Waals surface area contributed by atoms with Gasteiger partial charge in [-0.15, -0.1) is 11.3 Å². The Morgan fingerprint density at radius 2 is 1.62 bits per heavy atom. The number of fused-ring (bicyclic) bond motifs is 9. The van der Waals surface area contributed by atoms with Gasteiger partial charge in [0.05, 0.1) is 5.70 Å². The van der Waals surface area contributed by atoms with Crippen LogP contribution in [0.3, 0.4) is 0 Å². The van der Waals surface area contributed by atoms with Gasteiger partial charge in [-0.05, 0) is 30.7 Å². The van der Waals surface area contributed by atoms with E-state index in [4.69, 9.17) is 4.42 Å². The number of benzene rings is 3. The number of anilines is 1. The summed E-state index contributed by atoms with van der Waals surface area (Å²) in [7, 11) is 6.27. The Morgan fingerprint density at radius 1 is 0.906 bits per heavy atom. The van der Waals surface area contributed by atoms with Gasteiger partial charge in [-0.3, -0.25) is 0 Å². The molecule has 3 nitrogen and oxygen atoms in total. The molecule has 0 unspecified atom stereocenters. The topological polar surface area (TPSA) is 19.6 Å². The Kier molecular flexibility index (Phi) is 4.52. The van der Waals surface area contributed by atoms with Crippen LogP contribution in [0, 0.1) is 0 Å². The van der Waals surface area contributed by atoms with E-state index in [9.17, 15) is 0 Å². The second-order valence-corrected chi connectivity index (χ2v) is 10.4. The molecule has 0 atom stereocenters. The molecule has 0 spiro atoms. The van der Waals surface area contributed by atoms with Crippen LogP contribution < -0.4 is 4.90 Å². The standard InChI is InChI=1S/C27H24N2OS2/c1-28(2)16-8-9-19-22-12-11-21-23(27(22)32-25(19)15-16)13-10-20-18-7-5-6-17(29(3)31-4)14-24(18)30-26(20)21/h5-6,8-15H,7H2,1-4H3. The Morgan fingerprint density at radius 3 is 2.41 bits per heavy atom. The van der Waals surface area contributed by atoms with Crippen molar-refractivity contribution in [3.05, 3.63) is 71.6 Å². The molecule has 0 radical (unpaired) electrons. The molecule has 0 saturated carbocycles. The number of hydrogen-bond acceptors (Lipinski definition) is 5. The molecular formula is C27H24N2OS2. The van der Waals surface area contributed by atoms with Gasteiger partial charge in [0, 0.05) is 81.1 Å². The molecule has 32 heavy (non-hydrogen) atoms. The van der Waals surface area contributed by atoms with E-state index in [-0.39, 0.29) is 0 Å².